The summed E-state index contributed by atoms with van der Waals surface area (Å²) >= 11 is 0. The van der Waals surface area contributed by atoms with E-state index in [0.717, 1.165) is 61.5 Å². The number of carbonyl (C=O) groups excluding carboxylic acids is 1. The lowest BCUT2D eigenvalue weighted by Crippen LogP contribution is -2.46. The van der Waals surface area contributed by atoms with E-state index in [0.29, 0.717) is 12.5 Å². The molecular weight excluding hydrogens is 342 g/mol. The Morgan fingerprint density at radius 3 is 3.04 bits per heavy atom. The number of amides is 1. The second-order valence-electron chi connectivity index (χ2n) is 7.92. The van der Waals surface area contributed by atoms with Crippen LogP contribution in [-0.2, 0) is 9.53 Å². The monoisotopic (exact) mass is 367 g/mol. The van der Waals surface area contributed by atoms with Crippen molar-refractivity contribution in [1.82, 2.24) is 24.3 Å². The van der Waals surface area contributed by atoms with Crippen molar-refractivity contribution in [3.8, 4) is 0 Å². The minimum absolute atomic E-state index is 0.0189. The summed E-state index contributed by atoms with van der Waals surface area (Å²) < 4.78 is 7.73. The van der Waals surface area contributed by atoms with Gasteiger partial charge in [0, 0.05) is 31.8 Å². The van der Waals surface area contributed by atoms with E-state index in [-0.39, 0.29) is 17.7 Å². The third-order valence-electron chi connectivity index (χ3n) is 6.20. The highest BCUT2D eigenvalue weighted by atomic mass is 16.5. The van der Waals surface area contributed by atoms with Crippen molar-refractivity contribution in [3.63, 3.8) is 0 Å². The molecule has 1 N–H and O–H groups in total. The minimum Gasteiger partial charge on any atom is -0.381 e. The number of nitrogens with one attached hydrogen (secondary N) is 1. The molecule has 2 aliphatic heterocycles. The summed E-state index contributed by atoms with van der Waals surface area (Å²) in [6, 6.07) is 2.04. The molecule has 2 saturated heterocycles. The van der Waals surface area contributed by atoms with Crippen LogP contribution >= 0.6 is 0 Å². The molecule has 0 aromatic carbocycles. The topological polar surface area (TPSA) is 75.5 Å². The van der Waals surface area contributed by atoms with Crippen LogP contribution in [0, 0.1) is 11.8 Å². The van der Waals surface area contributed by atoms with Crippen molar-refractivity contribution in [1.29, 1.82) is 0 Å². The maximum atomic E-state index is 13.0. The fraction of sp³-hybridized carbons (Fsp3) is 0.550. The van der Waals surface area contributed by atoms with Gasteiger partial charge in [-0.05, 0) is 31.2 Å². The number of imidazole rings is 1. The van der Waals surface area contributed by atoms with Crippen LogP contribution in [0.4, 0.5) is 0 Å². The number of fused-ring (bicyclic) bond motifs is 3. The number of hydrogen-bond acceptors (Lipinski definition) is 4. The van der Waals surface area contributed by atoms with Gasteiger partial charge in [-0.15, -0.1) is 0 Å². The molecule has 2 fully saturated rings. The molecule has 5 rings (SSSR count). The molecule has 2 aliphatic rings. The number of rotatable bonds is 2. The zero-order valence-electron chi connectivity index (χ0n) is 15.6. The Labute approximate surface area is 157 Å². The van der Waals surface area contributed by atoms with Crippen LogP contribution in [-0.4, -0.2) is 56.5 Å². The van der Waals surface area contributed by atoms with E-state index in [4.69, 9.17) is 9.72 Å². The molecule has 27 heavy (non-hydrogen) atoms. The highest BCUT2D eigenvalue weighted by Crippen LogP contribution is 2.34. The summed E-state index contributed by atoms with van der Waals surface area (Å²) in [7, 11) is 0. The van der Waals surface area contributed by atoms with Crippen molar-refractivity contribution >= 4 is 22.6 Å². The van der Waals surface area contributed by atoms with Crippen LogP contribution < -0.4 is 0 Å². The SMILES string of the molecule is C[C@@H]1CCN(C(=O)C2CCCOC2)C[C@@H]1c1ncc2cnc3[nH]ccc3n12. The Bertz CT molecular complexity index is 971. The van der Waals surface area contributed by atoms with E-state index < -0.39 is 0 Å². The number of likely N-dealkylation sites (tertiary alicyclic amines) is 1. The van der Waals surface area contributed by atoms with E-state index in [1.807, 2.05) is 29.6 Å². The van der Waals surface area contributed by atoms with Crippen LogP contribution in [0.25, 0.3) is 16.7 Å². The number of aromatic amines is 1. The molecule has 1 amide bonds. The lowest BCUT2D eigenvalue weighted by molar-refractivity contribution is -0.141. The first-order valence-corrected chi connectivity index (χ1v) is 9.88. The van der Waals surface area contributed by atoms with Crippen molar-refractivity contribution in [2.75, 3.05) is 26.3 Å². The van der Waals surface area contributed by atoms with Crippen LogP contribution in [0.2, 0.25) is 0 Å². The lowest BCUT2D eigenvalue weighted by Gasteiger charge is -2.38. The van der Waals surface area contributed by atoms with Gasteiger partial charge in [-0.1, -0.05) is 6.92 Å². The van der Waals surface area contributed by atoms with Gasteiger partial charge in [0.15, 0.2) is 5.65 Å². The molecule has 142 valence electrons. The van der Waals surface area contributed by atoms with E-state index in [2.05, 4.69) is 21.3 Å². The Kier molecular flexibility index (Phi) is 4.11. The quantitative estimate of drug-likeness (QED) is 0.755. The molecular formula is C20H25N5O2. The molecule has 0 saturated carbocycles. The van der Waals surface area contributed by atoms with Gasteiger partial charge in [0.2, 0.25) is 5.91 Å². The average Bonchev–Trinajstić information content (AvgIpc) is 3.35. The first-order valence-electron chi connectivity index (χ1n) is 9.88. The Balaban J connectivity index is 1.47. The second-order valence-corrected chi connectivity index (χ2v) is 7.92. The smallest absolute Gasteiger partial charge is 0.228 e. The van der Waals surface area contributed by atoms with Gasteiger partial charge < -0.3 is 14.6 Å². The summed E-state index contributed by atoms with van der Waals surface area (Å²) in [6.45, 7) is 5.18. The van der Waals surface area contributed by atoms with Crippen LogP contribution in [0.3, 0.4) is 0 Å². The summed E-state index contributed by atoms with van der Waals surface area (Å²) in [5.41, 5.74) is 2.89. The Morgan fingerprint density at radius 1 is 1.30 bits per heavy atom. The fourth-order valence-electron chi connectivity index (χ4n) is 4.56. The highest BCUT2D eigenvalue weighted by Gasteiger charge is 2.35. The largest absolute Gasteiger partial charge is 0.381 e. The molecule has 3 atom stereocenters. The number of ether oxygens (including phenoxy) is 1. The van der Waals surface area contributed by atoms with Crippen LogP contribution in [0.1, 0.15) is 37.9 Å². The fourth-order valence-corrected chi connectivity index (χ4v) is 4.56. The lowest BCUT2D eigenvalue weighted by atomic mass is 9.85. The molecule has 3 aromatic rings. The third-order valence-corrected chi connectivity index (χ3v) is 6.20. The van der Waals surface area contributed by atoms with Crippen LogP contribution in [0.5, 0.6) is 0 Å². The van der Waals surface area contributed by atoms with Gasteiger partial charge in [-0.2, -0.15) is 0 Å². The summed E-state index contributed by atoms with van der Waals surface area (Å²) in [4.78, 5) is 27.4. The summed E-state index contributed by atoms with van der Waals surface area (Å²) in [5, 5.41) is 0. The maximum Gasteiger partial charge on any atom is 0.228 e. The second kappa shape index (κ2) is 6.64. The van der Waals surface area contributed by atoms with E-state index in [1.165, 1.54) is 0 Å². The predicted molar refractivity (Wildman–Crippen MR) is 101 cm³/mol. The van der Waals surface area contributed by atoms with E-state index in [1.54, 1.807) is 0 Å². The minimum atomic E-state index is 0.0189. The van der Waals surface area contributed by atoms with Gasteiger partial charge in [0.1, 0.15) is 5.82 Å². The molecule has 5 heterocycles. The molecule has 3 aromatic heterocycles. The van der Waals surface area contributed by atoms with E-state index in [9.17, 15) is 4.79 Å². The third kappa shape index (κ3) is 2.81. The number of H-pyrrole nitrogens is 1. The maximum absolute atomic E-state index is 13.0. The molecule has 0 aliphatic carbocycles. The summed E-state index contributed by atoms with van der Waals surface area (Å²) in [5.74, 6) is 1.99. The number of hydrogen-bond donors (Lipinski definition) is 1. The number of aromatic nitrogens is 4. The molecule has 1 unspecified atom stereocenters. The zero-order chi connectivity index (χ0) is 18.4. The predicted octanol–water partition coefficient (Wildman–Crippen LogP) is 2.59. The molecule has 0 spiro atoms. The number of carbonyl (C=O) groups is 1. The molecule has 7 heteroatoms. The summed E-state index contributed by atoms with van der Waals surface area (Å²) in [6.07, 6.45) is 8.57. The normalized spacial score (nSPS) is 26.7. The van der Waals surface area contributed by atoms with Gasteiger partial charge in [-0.3, -0.25) is 9.20 Å². The Hall–Kier alpha value is -2.41. The Morgan fingerprint density at radius 2 is 2.19 bits per heavy atom. The van der Waals surface area contributed by atoms with Crippen molar-refractivity contribution in [3.05, 3.63) is 30.5 Å². The van der Waals surface area contributed by atoms with Crippen molar-refractivity contribution < 1.29 is 9.53 Å². The first-order chi connectivity index (χ1) is 13.2. The standard InChI is InChI=1S/C20H25N5O2/c1-13-5-7-24(20(26)14-3-2-8-27-12-14)11-16(13)19-23-10-15-9-22-18-17(25(15)19)4-6-21-18/h4,6,9-10,13-14,16,21H,2-3,5,7-8,11-12H2,1H3/t13-,14?,16+/m1/s1. The van der Waals surface area contributed by atoms with E-state index >= 15 is 0 Å². The van der Waals surface area contributed by atoms with Gasteiger partial charge in [0.25, 0.3) is 0 Å². The molecule has 0 radical (unpaired) electrons. The average molecular weight is 367 g/mol. The molecule has 0 bridgehead atoms. The van der Waals surface area contributed by atoms with Crippen molar-refractivity contribution in [2.45, 2.75) is 32.1 Å². The number of nitrogens with zero attached hydrogens (tertiary/aromatic N) is 4. The zero-order valence-corrected chi connectivity index (χ0v) is 15.6. The highest BCUT2D eigenvalue weighted by molar-refractivity contribution is 5.79. The van der Waals surface area contributed by atoms with Gasteiger partial charge in [-0.25, -0.2) is 9.97 Å². The van der Waals surface area contributed by atoms with Gasteiger partial charge >= 0.3 is 0 Å². The molecule has 7 nitrogen and oxygen atoms in total. The van der Waals surface area contributed by atoms with Crippen LogP contribution in [0.15, 0.2) is 24.7 Å². The van der Waals surface area contributed by atoms with Gasteiger partial charge in [0.05, 0.1) is 36.0 Å². The number of piperidine rings is 1. The first kappa shape index (κ1) is 16.7. The van der Waals surface area contributed by atoms with Crippen molar-refractivity contribution in [2.24, 2.45) is 11.8 Å².